The molecule has 1 aliphatic heterocycles. The molecule has 0 amide bonds. The molecule has 0 bridgehead atoms. The van der Waals surface area contributed by atoms with Crippen molar-refractivity contribution in [1.29, 1.82) is 0 Å². The van der Waals surface area contributed by atoms with Crippen LogP contribution in [-0.4, -0.2) is 38.0 Å². The predicted molar refractivity (Wildman–Crippen MR) is 85.5 cm³/mol. The summed E-state index contributed by atoms with van der Waals surface area (Å²) in [5.74, 6) is -1.40. The normalized spacial score (nSPS) is 19.0. The summed E-state index contributed by atoms with van der Waals surface area (Å²) >= 11 is 0. The highest BCUT2D eigenvalue weighted by atomic mass is 32.2. The average Bonchev–Trinajstić information content (AvgIpc) is 2.56. The Morgan fingerprint density at radius 1 is 1.33 bits per heavy atom. The maximum absolute atomic E-state index is 13.9. The number of anilines is 1. The van der Waals surface area contributed by atoms with E-state index in [1.165, 1.54) is 12.4 Å². The van der Waals surface area contributed by atoms with Gasteiger partial charge in [-0.05, 0) is 30.9 Å². The lowest BCUT2D eigenvalue weighted by Gasteiger charge is -2.34. The van der Waals surface area contributed by atoms with E-state index in [2.05, 4.69) is 14.7 Å². The fourth-order valence-corrected chi connectivity index (χ4v) is 3.44. The van der Waals surface area contributed by atoms with E-state index in [0.29, 0.717) is 24.3 Å². The molecule has 3 rings (SSSR count). The number of halogens is 2. The third kappa shape index (κ3) is 3.60. The largest absolute Gasteiger partial charge is 0.356 e. The minimum Gasteiger partial charge on any atom is -0.356 e. The number of hydrogen-bond donors (Lipinski definition) is 2. The topological polar surface area (TPSA) is 101 Å². The Morgan fingerprint density at radius 2 is 2.12 bits per heavy atom. The van der Waals surface area contributed by atoms with Crippen molar-refractivity contribution in [1.82, 2.24) is 14.7 Å². The molecular weight excluding hydrogens is 340 g/mol. The van der Waals surface area contributed by atoms with Gasteiger partial charge in [-0.25, -0.2) is 28.6 Å². The molecule has 7 nitrogen and oxygen atoms in total. The molecule has 130 valence electrons. The van der Waals surface area contributed by atoms with Crippen LogP contribution in [0.1, 0.15) is 12.8 Å². The molecule has 0 spiro atoms. The lowest BCUT2D eigenvalue weighted by Crippen LogP contribution is -2.42. The fourth-order valence-electron chi connectivity index (χ4n) is 2.97. The molecular formula is C14H17F2N5O2S. The smallest absolute Gasteiger partial charge is 0.274 e. The van der Waals surface area contributed by atoms with Gasteiger partial charge in [0.1, 0.15) is 17.7 Å². The Balaban J connectivity index is 1.86. The molecule has 1 unspecified atom stereocenters. The molecule has 1 atom stereocenters. The Labute approximate surface area is 138 Å². The summed E-state index contributed by atoms with van der Waals surface area (Å²) in [6.07, 6.45) is 2.86. The van der Waals surface area contributed by atoms with Gasteiger partial charge in [0.25, 0.3) is 10.2 Å². The van der Waals surface area contributed by atoms with E-state index in [0.717, 1.165) is 18.9 Å². The molecule has 2 heterocycles. The Kier molecular flexibility index (Phi) is 4.61. The van der Waals surface area contributed by atoms with Crippen LogP contribution in [0.4, 0.5) is 14.6 Å². The highest BCUT2D eigenvalue weighted by molar-refractivity contribution is 7.87. The summed E-state index contributed by atoms with van der Waals surface area (Å²) in [5, 5.41) is 5.38. The number of nitrogens with zero attached hydrogens (tertiary/aromatic N) is 3. The lowest BCUT2D eigenvalue weighted by atomic mass is 9.98. The number of piperidine rings is 1. The van der Waals surface area contributed by atoms with Crippen LogP contribution in [0.25, 0.3) is 10.9 Å². The number of hydrogen-bond acceptors (Lipinski definition) is 5. The van der Waals surface area contributed by atoms with Crippen molar-refractivity contribution in [2.75, 3.05) is 24.5 Å². The third-order valence-corrected chi connectivity index (χ3v) is 4.64. The maximum atomic E-state index is 13.9. The van der Waals surface area contributed by atoms with Crippen LogP contribution in [-0.2, 0) is 10.2 Å². The summed E-state index contributed by atoms with van der Waals surface area (Å²) in [7, 11) is -3.74. The van der Waals surface area contributed by atoms with Gasteiger partial charge in [0.2, 0.25) is 0 Å². The van der Waals surface area contributed by atoms with E-state index in [-0.39, 0.29) is 18.0 Å². The summed E-state index contributed by atoms with van der Waals surface area (Å²) in [6, 6.07) is 2.50. The molecule has 10 heteroatoms. The van der Waals surface area contributed by atoms with Gasteiger partial charge in [-0.1, -0.05) is 0 Å². The zero-order valence-corrected chi connectivity index (χ0v) is 13.6. The van der Waals surface area contributed by atoms with Gasteiger partial charge >= 0.3 is 0 Å². The van der Waals surface area contributed by atoms with Gasteiger partial charge in [0.05, 0.1) is 0 Å². The second kappa shape index (κ2) is 6.54. The molecule has 0 radical (unpaired) electrons. The van der Waals surface area contributed by atoms with Crippen LogP contribution in [0.2, 0.25) is 0 Å². The third-order valence-electron chi connectivity index (χ3n) is 4.07. The molecule has 1 aromatic carbocycles. The van der Waals surface area contributed by atoms with E-state index in [1.54, 1.807) is 0 Å². The Morgan fingerprint density at radius 3 is 2.88 bits per heavy atom. The Hall–Kier alpha value is -1.91. The van der Waals surface area contributed by atoms with E-state index in [1.807, 2.05) is 4.90 Å². The van der Waals surface area contributed by atoms with E-state index < -0.39 is 21.8 Å². The number of nitrogens with one attached hydrogen (secondary N) is 1. The minimum absolute atomic E-state index is 0.0485. The van der Waals surface area contributed by atoms with Crippen molar-refractivity contribution >= 4 is 26.9 Å². The Bertz CT molecular complexity index is 862. The van der Waals surface area contributed by atoms with Crippen LogP contribution in [0.15, 0.2) is 18.5 Å². The lowest BCUT2D eigenvalue weighted by molar-refractivity contribution is 0.410. The number of fused-ring (bicyclic) bond motifs is 1. The zero-order chi connectivity index (χ0) is 17.3. The monoisotopic (exact) mass is 357 g/mol. The highest BCUT2D eigenvalue weighted by Crippen LogP contribution is 2.29. The van der Waals surface area contributed by atoms with Gasteiger partial charge < -0.3 is 4.90 Å². The van der Waals surface area contributed by atoms with Crippen molar-refractivity contribution in [3.63, 3.8) is 0 Å². The second-order valence-electron chi connectivity index (χ2n) is 5.80. The molecule has 1 saturated heterocycles. The van der Waals surface area contributed by atoms with Crippen LogP contribution in [0.5, 0.6) is 0 Å². The molecule has 0 saturated carbocycles. The first-order valence-corrected chi connectivity index (χ1v) is 9.01. The van der Waals surface area contributed by atoms with Gasteiger partial charge in [-0.2, -0.15) is 8.42 Å². The van der Waals surface area contributed by atoms with Gasteiger partial charge in [-0.3, -0.25) is 0 Å². The number of benzene rings is 1. The summed E-state index contributed by atoms with van der Waals surface area (Å²) in [5.41, 5.74) is -0.0650. The average molecular weight is 357 g/mol. The van der Waals surface area contributed by atoms with Crippen molar-refractivity contribution in [2.45, 2.75) is 12.8 Å². The zero-order valence-electron chi connectivity index (χ0n) is 12.7. The van der Waals surface area contributed by atoms with Crippen LogP contribution < -0.4 is 14.8 Å². The second-order valence-corrected chi connectivity index (χ2v) is 7.18. The maximum Gasteiger partial charge on any atom is 0.274 e. The number of rotatable bonds is 4. The van der Waals surface area contributed by atoms with E-state index >= 15 is 0 Å². The summed E-state index contributed by atoms with van der Waals surface area (Å²) in [6.45, 7) is 1.45. The first-order chi connectivity index (χ1) is 11.3. The molecule has 1 aromatic heterocycles. The molecule has 1 fully saturated rings. The quantitative estimate of drug-likeness (QED) is 0.847. The summed E-state index contributed by atoms with van der Waals surface area (Å²) in [4.78, 5) is 9.96. The molecule has 24 heavy (non-hydrogen) atoms. The predicted octanol–water partition coefficient (Wildman–Crippen LogP) is 0.917. The van der Waals surface area contributed by atoms with Gasteiger partial charge in [-0.15, -0.1) is 0 Å². The molecule has 0 aliphatic carbocycles. The van der Waals surface area contributed by atoms with Crippen molar-refractivity contribution < 1.29 is 17.2 Å². The van der Waals surface area contributed by atoms with Crippen LogP contribution >= 0.6 is 0 Å². The number of aromatic nitrogens is 2. The summed E-state index contributed by atoms with van der Waals surface area (Å²) < 4.78 is 51.6. The van der Waals surface area contributed by atoms with Gasteiger partial charge in [0.15, 0.2) is 11.6 Å². The van der Waals surface area contributed by atoms with Crippen LogP contribution in [0.3, 0.4) is 0 Å². The molecule has 3 N–H and O–H groups in total. The minimum atomic E-state index is -3.74. The van der Waals surface area contributed by atoms with Crippen molar-refractivity contribution in [3.05, 3.63) is 30.1 Å². The van der Waals surface area contributed by atoms with Crippen molar-refractivity contribution in [3.8, 4) is 0 Å². The first kappa shape index (κ1) is 16.9. The molecule has 1 aliphatic rings. The number of nitrogens with two attached hydrogens (primary N) is 1. The standard InChI is InChI=1S/C14H17F2N5O2S/c15-11-4-3-10-13(12(11)16)18-8-19-14(10)21-5-1-2-9(7-21)6-20-24(17,22)23/h3-4,8-9,20H,1-2,5-7H2,(H2,17,22,23). The molecule has 2 aromatic rings. The SMILES string of the molecule is NS(=O)(=O)NCC1CCCN(c2ncnc3c(F)c(F)ccc23)C1. The fraction of sp³-hybridized carbons (Fsp3) is 0.429. The van der Waals surface area contributed by atoms with Gasteiger partial charge in [0, 0.05) is 25.0 Å². The highest BCUT2D eigenvalue weighted by Gasteiger charge is 2.24. The first-order valence-electron chi connectivity index (χ1n) is 7.46. The van der Waals surface area contributed by atoms with Crippen molar-refractivity contribution in [2.24, 2.45) is 11.1 Å². The van der Waals surface area contributed by atoms with Crippen LogP contribution in [0, 0.1) is 17.6 Å². The van der Waals surface area contributed by atoms with E-state index in [4.69, 9.17) is 5.14 Å². The van der Waals surface area contributed by atoms with E-state index in [9.17, 15) is 17.2 Å².